The quantitative estimate of drug-likeness (QED) is 0.881. The molecule has 0 radical (unpaired) electrons. The predicted molar refractivity (Wildman–Crippen MR) is 94.4 cm³/mol. The molecule has 1 unspecified atom stereocenters. The zero-order valence-corrected chi connectivity index (χ0v) is 14.6. The normalized spacial score (nSPS) is 18.8. The Morgan fingerprint density at radius 2 is 2.22 bits per heavy atom. The highest BCUT2D eigenvalue weighted by molar-refractivity contribution is 7.09. The first kappa shape index (κ1) is 16.3. The molecule has 0 amide bonds. The van der Waals surface area contributed by atoms with Gasteiger partial charge in [0.05, 0.1) is 7.11 Å². The van der Waals surface area contributed by atoms with Crippen molar-refractivity contribution in [2.45, 2.75) is 26.1 Å². The van der Waals surface area contributed by atoms with Crippen molar-refractivity contribution in [2.75, 3.05) is 26.7 Å². The van der Waals surface area contributed by atoms with Crippen LogP contribution in [0.2, 0.25) is 0 Å². The van der Waals surface area contributed by atoms with Crippen molar-refractivity contribution in [1.29, 1.82) is 0 Å². The lowest BCUT2D eigenvalue weighted by Crippen LogP contribution is -2.48. The summed E-state index contributed by atoms with van der Waals surface area (Å²) in [6.45, 7) is 6.99. The minimum absolute atomic E-state index is 0.555. The molecule has 1 aromatic heterocycles. The summed E-state index contributed by atoms with van der Waals surface area (Å²) < 4.78 is 11.4. The van der Waals surface area contributed by atoms with E-state index in [1.807, 2.05) is 12.1 Å². The summed E-state index contributed by atoms with van der Waals surface area (Å²) in [5.41, 5.74) is 1.26. The molecule has 1 fully saturated rings. The molecular weight excluding hydrogens is 308 g/mol. The SMILES string of the molecule is COc1cc(CN2CCNC(C)C2)ccc1OCc1cccs1. The Kier molecular flexibility index (Phi) is 5.54. The zero-order chi connectivity index (χ0) is 16.1. The summed E-state index contributed by atoms with van der Waals surface area (Å²) in [4.78, 5) is 3.69. The van der Waals surface area contributed by atoms with Crippen LogP contribution in [0.25, 0.3) is 0 Å². The Hall–Kier alpha value is -1.56. The van der Waals surface area contributed by atoms with Crippen LogP contribution in [0.5, 0.6) is 11.5 Å². The molecule has 0 aliphatic carbocycles. The van der Waals surface area contributed by atoms with E-state index in [2.05, 4.69) is 40.7 Å². The Labute approximate surface area is 142 Å². The largest absolute Gasteiger partial charge is 0.493 e. The van der Waals surface area contributed by atoms with E-state index in [0.717, 1.165) is 37.7 Å². The molecule has 1 aromatic carbocycles. The highest BCUT2D eigenvalue weighted by atomic mass is 32.1. The summed E-state index contributed by atoms with van der Waals surface area (Å²) in [5, 5.41) is 5.54. The molecule has 1 atom stereocenters. The summed E-state index contributed by atoms with van der Waals surface area (Å²) in [5.74, 6) is 1.61. The Balaban J connectivity index is 1.64. The summed E-state index contributed by atoms with van der Waals surface area (Å²) in [6.07, 6.45) is 0. The summed E-state index contributed by atoms with van der Waals surface area (Å²) >= 11 is 1.70. The second-order valence-corrected chi connectivity index (χ2v) is 6.98. The third-order valence-corrected chi connectivity index (χ3v) is 4.89. The van der Waals surface area contributed by atoms with E-state index in [0.29, 0.717) is 12.6 Å². The van der Waals surface area contributed by atoms with Gasteiger partial charge in [-0.05, 0) is 36.1 Å². The van der Waals surface area contributed by atoms with Crippen LogP contribution in [0.15, 0.2) is 35.7 Å². The fourth-order valence-electron chi connectivity index (χ4n) is 2.89. The van der Waals surface area contributed by atoms with Gasteiger partial charge in [0.1, 0.15) is 6.61 Å². The molecule has 23 heavy (non-hydrogen) atoms. The van der Waals surface area contributed by atoms with Gasteiger partial charge >= 0.3 is 0 Å². The van der Waals surface area contributed by atoms with Crippen LogP contribution in [0, 0.1) is 0 Å². The molecular formula is C18H24N2O2S. The molecule has 1 aliphatic heterocycles. The van der Waals surface area contributed by atoms with Gasteiger partial charge in [-0.1, -0.05) is 12.1 Å². The number of hydrogen-bond acceptors (Lipinski definition) is 5. The van der Waals surface area contributed by atoms with Gasteiger partial charge < -0.3 is 14.8 Å². The molecule has 2 aromatic rings. The monoisotopic (exact) mass is 332 g/mol. The number of hydrogen-bond donors (Lipinski definition) is 1. The standard InChI is InChI=1S/C18H24N2O2S/c1-14-11-20(8-7-19-14)12-15-5-6-17(18(10-15)21-2)22-13-16-4-3-9-23-16/h3-6,9-10,14,19H,7-8,11-13H2,1-2H3. The number of rotatable bonds is 6. The second-order valence-electron chi connectivity index (χ2n) is 5.94. The van der Waals surface area contributed by atoms with Gasteiger partial charge in [0, 0.05) is 37.1 Å². The number of nitrogens with one attached hydrogen (secondary N) is 1. The molecule has 4 nitrogen and oxygen atoms in total. The van der Waals surface area contributed by atoms with Crippen molar-refractivity contribution in [2.24, 2.45) is 0 Å². The number of piperazine rings is 1. The highest BCUT2D eigenvalue weighted by Crippen LogP contribution is 2.29. The van der Waals surface area contributed by atoms with Crippen molar-refractivity contribution in [3.8, 4) is 11.5 Å². The second kappa shape index (κ2) is 7.81. The number of benzene rings is 1. The first-order chi connectivity index (χ1) is 11.2. The van der Waals surface area contributed by atoms with Crippen LogP contribution in [-0.2, 0) is 13.2 Å². The van der Waals surface area contributed by atoms with E-state index < -0.39 is 0 Å². The molecule has 1 aliphatic rings. The van der Waals surface area contributed by atoms with Crippen LogP contribution in [0.1, 0.15) is 17.4 Å². The number of methoxy groups -OCH3 is 1. The molecule has 124 valence electrons. The molecule has 3 rings (SSSR count). The van der Waals surface area contributed by atoms with Crippen molar-refractivity contribution in [3.63, 3.8) is 0 Å². The van der Waals surface area contributed by atoms with E-state index in [-0.39, 0.29) is 0 Å². The van der Waals surface area contributed by atoms with Crippen molar-refractivity contribution in [3.05, 3.63) is 46.2 Å². The molecule has 2 heterocycles. The molecule has 1 N–H and O–H groups in total. The van der Waals surface area contributed by atoms with Gasteiger partial charge in [-0.2, -0.15) is 0 Å². The zero-order valence-electron chi connectivity index (χ0n) is 13.7. The number of ether oxygens (including phenoxy) is 2. The Morgan fingerprint density at radius 1 is 1.30 bits per heavy atom. The van der Waals surface area contributed by atoms with E-state index >= 15 is 0 Å². The molecule has 5 heteroatoms. The maximum atomic E-state index is 5.90. The lowest BCUT2D eigenvalue weighted by molar-refractivity contribution is 0.199. The van der Waals surface area contributed by atoms with Crippen LogP contribution in [0.4, 0.5) is 0 Å². The molecule has 0 saturated carbocycles. The lowest BCUT2D eigenvalue weighted by Gasteiger charge is -2.31. The topological polar surface area (TPSA) is 33.7 Å². The molecule has 0 bridgehead atoms. The Bertz CT molecular complexity index is 615. The lowest BCUT2D eigenvalue weighted by atomic mass is 10.1. The van der Waals surface area contributed by atoms with Gasteiger partial charge in [0.2, 0.25) is 0 Å². The van der Waals surface area contributed by atoms with E-state index in [1.165, 1.54) is 10.4 Å². The molecule has 0 spiro atoms. The maximum absolute atomic E-state index is 5.90. The minimum Gasteiger partial charge on any atom is -0.493 e. The Morgan fingerprint density at radius 3 is 2.96 bits per heavy atom. The fraction of sp³-hybridized carbons (Fsp3) is 0.444. The van der Waals surface area contributed by atoms with Crippen molar-refractivity contribution < 1.29 is 9.47 Å². The van der Waals surface area contributed by atoms with Crippen molar-refractivity contribution >= 4 is 11.3 Å². The predicted octanol–water partition coefficient (Wildman–Crippen LogP) is 3.13. The first-order valence-electron chi connectivity index (χ1n) is 8.02. The number of thiophene rings is 1. The minimum atomic E-state index is 0.555. The third kappa shape index (κ3) is 4.47. The van der Waals surface area contributed by atoms with E-state index in [9.17, 15) is 0 Å². The van der Waals surface area contributed by atoms with Gasteiger partial charge in [-0.25, -0.2) is 0 Å². The van der Waals surface area contributed by atoms with E-state index in [1.54, 1.807) is 18.4 Å². The van der Waals surface area contributed by atoms with Gasteiger partial charge in [-0.3, -0.25) is 4.90 Å². The van der Waals surface area contributed by atoms with Gasteiger partial charge in [0.25, 0.3) is 0 Å². The smallest absolute Gasteiger partial charge is 0.161 e. The maximum Gasteiger partial charge on any atom is 0.161 e. The van der Waals surface area contributed by atoms with E-state index in [4.69, 9.17) is 9.47 Å². The number of nitrogens with zero attached hydrogens (tertiary/aromatic N) is 1. The first-order valence-corrected chi connectivity index (χ1v) is 8.90. The van der Waals surface area contributed by atoms with Crippen LogP contribution >= 0.6 is 11.3 Å². The fourth-order valence-corrected chi connectivity index (χ4v) is 3.50. The van der Waals surface area contributed by atoms with Crippen LogP contribution < -0.4 is 14.8 Å². The summed E-state index contributed by atoms with van der Waals surface area (Å²) in [7, 11) is 1.70. The highest BCUT2D eigenvalue weighted by Gasteiger charge is 2.16. The van der Waals surface area contributed by atoms with Crippen LogP contribution in [0.3, 0.4) is 0 Å². The van der Waals surface area contributed by atoms with Gasteiger partial charge in [0.15, 0.2) is 11.5 Å². The summed E-state index contributed by atoms with van der Waals surface area (Å²) in [6, 6.07) is 10.9. The third-order valence-electron chi connectivity index (χ3n) is 4.04. The van der Waals surface area contributed by atoms with Gasteiger partial charge in [-0.15, -0.1) is 11.3 Å². The average molecular weight is 332 g/mol. The van der Waals surface area contributed by atoms with Crippen LogP contribution in [-0.4, -0.2) is 37.7 Å². The average Bonchev–Trinajstić information content (AvgIpc) is 3.07. The molecule has 1 saturated heterocycles. The van der Waals surface area contributed by atoms with Crippen molar-refractivity contribution in [1.82, 2.24) is 10.2 Å².